The minimum Gasteiger partial charge on any atom is -0.490 e. The first-order valence-corrected chi connectivity index (χ1v) is 11.0. The largest absolute Gasteiger partial charge is 0.490 e. The number of benzene rings is 1. The molecule has 0 radical (unpaired) electrons. The number of guanidine groups is 1. The van der Waals surface area contributed by atoms with E-state index in [2.05, 4.69) is 22.2 Å². The van der Waals surface area contributed by atoms with Gasteiger partial charge in [0.2, 0.25) is 0 Å². The summed E-state index contributed by atoms with van der Waals surface area (Å²) >= 11 is 0. The van der Waals surface area contributed by atoms with Crippen molar-refractivity contribution in [2.75, 3.05) is 58.3 Å². The number of halogens is 1. The zero-order chi connectivity index (χ0) is 20.1. The lowest BCUT2D eigenvalue weighted by molar-refractivity contribution is 0.0209. The van der Waals surface area contributed by atoms with Crippen molar-refractivity contribution in [2.24, 2.45) is 10.7 Å². The van der Waals surface area contributed by atoms with Gasteiger partial charge in [-0.25, -0.2) is 0 Å². The number of hydrogen-bond donors (Lipinski definition) is 2. The van der Waals surface area contributed by atoms with Crippen molar-refractivity contribution in [3.63, 3.8) is 0 Å². The van der Waals surface area contributed by atoms with E-state index in [9.17, 15) is 0 Å². The lowest BCUT2D eigenvalue weighted by Gasteiger charge is -2.49. The third-order valence-corrected chi connectivity index (χ3v) is 6.51. The quantitative estimate of drug-likeness (QED) is 0.355. The first kappa shape index (κ1) is 23.4. The molecule has 0 atom stereocenters. The molecule has 7 nitrogen and oxygen atoms in total. The first-order valence-electron chi connectivity index (χ1n) is 11.0. The molecule has 8 heteroatoms. The molecule has 1 aromatic rings. The van der Waals surface area contributed by atoms with Crippen molar-refractivity contribution >= 4 is 35.6 Å². The molecule has 1 aromatic carbocycles. The number of aliphatic imine (C=N–C) groups is 1. The van der Waals surface area contributed by atoms with Crippen LogP contribution >= 0.6 is 24.0 Å². The van der Waals surface area contributed by atoms with Gasteiger partial charge in [-0.2, -0.15) is 0 Å². The maximum Gasteiger partial charge on any atom is 0.193 e. The molecule has 3 heterocycles. The third kappa shape index (κ3) is 5.70. The predicted octanol–water partition coefficient (Wildman–Crippen LogP) is 3.14. The average molecular weight is 529 g/mol. The highest BCUT2D eigenvalue weighted by molar-refractivity contribution is 14.0. The summed E-state index contributed by atoms with van der Waals surface area (Å²) in [5, 5.41) is 3.24. The number of anilines is 1. The standard InChI is InChI=1S/C22H35N5O2.HI/c1-26-12-8-22(9-13-26,27-10-3-2-4-11-27)17-24-21(23)25-18-6-7-19-20(16-18)29-15-5-14-28-19;/h6-7,16H,2-5,8-15,17H2,1H3,(H3,23,24,25);1H. The van der Waals surface area contributed by atoms with Crippen LogP contribution in [0, 0.1) is 0 Å². The normalized spacial score (nSPS) is 22.6. The lowest BCUT2D eigenvalue weighted by atomic mass is 9.84. The molecule has 0 spiro atoms. The van der Waals surface area contributed by atoms with Gasteiger partial charge < -0.3 is 25.4 Å². The second-order valence-corrected chi connectivity index (χ2v) is 8.61. The van der Waals surface area contributed by atoms with Crippen molar-refractivity contribution in [1.82, 2.24) is 9.80 Å². The van der Waals surface area contributed by atoms with Crippen LogP contribution in [0.4, 0.5) is 5.69 Å². The number of nitrogens with one attached hydrogen (secondary N) is 1. The molecule has 2 fully saturated rings. The van der Waals surface area contributed by atoms with E-state index in [0.29, 0.717) is 19.2 Å². The van der Waals surface area contributed by atoms with E-state index in [4.69, 9.17) is 20.2 Å². The second-order valence-electron chi connectivity index (χ2n) is 8.61. The molecule has 0 unspecified atom stereocenters. The van der Waals surface area contributed by atoms with Gasteiger partial charge in [0.25, 0.3) is 0 Å². The Kier molecular flexibility index (Phi) is 8.47. The Morgan fingerprint density at radius 2 is 1.73 bits per heavy atom. The maximum atomic E-state index is 6.28. The maximum absolute atomic E-state index is 6.28. The molecule has 0 saturated carbocycles. The van der Waals surface area contributed by atoms with Crippen molar-refractivity contribution in [1.29, 1.82) is 0 Å². The zero-order valence-electron chi connectivity index (χ0n) is 18.1. The summed E-state index contributed by atoms with van der Waals surface area (Å²) in [4.78, 5) is 9.91. The summed E-state index contributed by atoms with van der Waals surface area (Å²) in [5.41, 5.74) is 7.31. The number of ether oxygens (including phenoxy) is 2. The summed E-state index contributed by atoms with van der Waals surface area (Å²) in [7, 11) is 2.21. The van der Waals surface area contributed by atoms with Gasteiger partial charge in [-0.05, 0) is 71.0 Å². The molecule has 3 N–H and O–H groups in total. The van der Waals surface area contributed by atoms with Crippen molar-refractivity contribution in [3.05, 3.63) is 18.2 Å². The van der Waals surface area contributed by atoms with E-state index >= 15 is 0 Å². The fourth-order valence-electron chi connectivity index (χ4n) is 4.64. The summed E-state index contributed by atoms with van der Waals surface area (Å²) < 4.78 is 11.5. The Hall–Kier alpha value is -1.26. The fraction of sp³-hybridized carbons (Fsp3) is 0.682. The Morgan fingerprint density at radius 1 is 1.03 bits per heavy atom. The van der Waals surface area contributed by atoms with Crippen LogP contribution in [0.5, 0.6) is 11.5 Å². The van der Waals surface area contributed by atoms with Crippen LogP contribution in [0.15, 0.2) is 23.2 Å². The van der Waals surface area contributed by atoms with Gasteiger partial charge in [0.15, 0.2) is 17.5 Å². The number of likely N-dealkylation sites (tertiary alicyclic amines) is 2. The highest BCUT2D eigenvalue weighted by atomic mass is 127. The highest BCUT2D eigenvalue weighted by Gasteiger charge is 2.39. The Labute approximate surface area is 197 Å². The molecular weight excluding hydrogens is 493 g/mol. The van der Waals surface area contributed by atoms with Gasteiger partial charge in [0, 0.05) is 23.7 Å². The van der Waals surface area contributed by atoms with Crippen molar-refractivity contribution < 1.29 is 9.47 Å². The number of nitrogens with two attached hydrogens (primary N) is 1. The molecule has 168 valence electrons. The number of rotatable bonds is 4. The predicted molar refractivity (Wildman–Crippen MR) is 132 cm³/mol. The van der Waals surface area contributed by atoms with E-state index in [1.54, 1.807) is 0 Å². The molecule has 30 heavy (non-hydrogen) atoms. The molecular formula is C22H36IN5O2. The summed E-state index contributed by atoms with van der Waals surface area (Å²) in [6.07, 6.45) is 7.16. The zero-order valence-corrected chi connectivity index (χ0v) is 20.4. The Balaban J connectivity index is 0.00000256. The van der Waals surface area contributed by atoms with E-state index in [1.165, 1.54) is 32.4 Å². The molecule has 0 amide bonds. The minimum absolute atomic E-state index is 0. The van der Waals surface area contributed by atoms with Crippen LogP contribution < -0.4 is 20.5 Å². The number of fused-ring (bicyclic) bond motifs is 1. The Bertz CT molecular complexity index is 715. The molecule has 3 aliphatic heterocycles. The smallest absolute Gasteiger partial charge is 0.193 e. The van der Waals surface area contributed by atoms with Gasteiger partial charge in [0.1, 0.15) is 0 Å². The number of piperidine rings is 2. The Morgan fingerprint density at radius 3 is 2.47 bits per heavy atom. The molecule has 4 rings (SSSR count). The molecule has 3 aliphatic rings. The SMILES string of the molecule is CN1CCC(CN=C(N)Nc2ccc3c(c2)OCCCO3)(N2CCCCC2)CC1.I. The average Bonchev–Trinajstić information content (AvgIpc) is 2.99. The van der Waals surface area contributed by atoms with Crippen LogP contribution in [0.1, 0.15) is 38.5 Å². The van der Waals surface area contributed by atoms with Gasteiger partial charge in [0.05, 0.1) is 19.8 Å². The van der Waals surface area contributed by atoms with Crippen LogP contribution in [0.3, 0.4) is 0 Å². The van der Waals surface area contributed by atoms with Crippen molar-refractivity contribution in [2.45, 2.75) is 44.1 Å². The first-order chi connectivity index (χ1) is 14.1. The van der Waals surface area contributed by atoms with Crippen molar-refractivity contribution in [3.8, 4) is 11.5 Å². The van der Waals surface area contributed by atoms with Crippen LogP contribution in [0.25, 0.3) is 0 Å². The van der Waals surface area contributed by atoms with Crippen LogP contribution in [0.2, 0.25) is 0 Å². The second kappa shape index (κ2) is 10.9. The number of hydrogen-bond acceptors (Lipinski definition) is 5. The summed E-state index contributed by atoms with van der Waals surface area (Å²) in [6, 6.07) is 5.84. The highest BCUT2D eigenvalue weighted by Crippen LogP contribution is 2.33. The lowest BCUT2D eigenvalue weighted by Crippen LogP contribution is -2.58. The fourth-order valence-corrected chi connectivity index (χ4v) is 4.64. The third-order valence-electron chi connectivity index (χ3n) is 6.51. The van der Waals surface area contributed by atoms with Gasteiger partial charge in [-0.15, -0.1) is 24.0 Å². The van der Waals surface area contributed by atoms with E-state index in [0.717, 1.165) is 56.1 Å². The summed E-state index contributed by atoms with van der Waals surface area (Å²) in [5.74, 6) is 2.02. The van der Waals surface area contributed by atoms with E-state index in [-0.39, 0.29) is 29.5 Å². The van der Waals surface area contributed by atoms with E-state index < -0.39 is 0 Å². The monoisotopic (exact) mass is 529 g/mol. The van der Waals surface area contributed by atoms with Gasteiger partial charge in [-0.1, -0.05) is 6.42 Å². The molecule has 2 saturated heterocycles. The van der Waals surface area contributed by atoms with Gasteiger partial charge in [-0.3, -0.25) is 9.89 Å². The summed E-state index contributed by atoms with van der Waals surface area (Å²) in [6.45, 7) is 6.75. The molecule has 0 bridgehead atoms. The molecule has 0 aliphatic carbocycles. The minimum atomic E-state index is 0. The topological polar surface area (TPSA) is 75.3 Å². The van der Waals surface area contributed by atoms with Crippen LogP contribution in [-0.4, -0.2) is 74.3 Å². The van der Waals surface area contributed by atoms with Gasteiger partial charge >= 0.3 is 0 Å². The van der Waals surface area contributed by atoms with E-state index in [1.807, 2.05) is 18.2 Å². The molecule has 0 aromatic heterocycles. The number of nitrogens with zero attached hydrogens (tertiary/aromatic N) is 3. The van der Waals surface area contributed by atoms with Crippen LogP contribution in [-0.2, 0) is 0 Å².